The van der Waals surface area contributed by atoms with Gasteiger partial charge in [0.1, 0.15) is 0 Å². The maximum Gasteiger partial charge on any atom is 0.224 e. The topological polar surface area (TPSA) is 53.3 Å². The van der Waals surface area contributed by atoms with Crippen LogP contribution in [0.25, 0.3) is 0 Å². The van der Waals surface area contributed by atoms with Gasteiger partial charge in [0.15, 0.2) is 0 Å². The van der Waals surface area contributed by atoms with Crippen molar-refractivity contribution in [2.75, 3.05) is 26.3 Å². The second kappa shape index (κ2) is 6.55. The molecule has 1 saturated heterocycles. The number of amides is 1. The van der Waals surface area contributed by atoms with E-state index in [-0.39, 0.29) is 12.3 Å². The number of ether oxygens (including phenoxy) is 1. The summed E-state index contributed by atoms with van der Waals surface area (Å²) in [6, 6.07) is 9.29. The van der Waals surface area contributed by atoms with E-state index in [9.17, 15) is 10.1 Å². The first-order valence-corrected chi connectivity index (χ1v) is 6.59. The lowest BCUT2D eigenvalue weighted by Crippen LogP contribution is -2.41. The largest absolute Gasteiger partial charge is 0.378 e. The quantitative estimate of drug-likeness (QED) is 0.852. The van der Waals surface area contributed by atoms with Crippen LogP contribution in [-0.4, -0.2) is 37.1 Å². The molecule has 0 spiro atoms. The molecule has 0 aromatic heterocycles. The number of rotatable bonds is 3. The molecule has 0 bridgehead atoms. The van der Waals surface area contributed by atoms with Gasteiger partial charge in [-0.05, 0) is 17.7 Å². The zero-order valence-electron chi connectivity index (χ0n) is 10.5. The third kappa shape index (κ3) is 3.69. The van der Waals surface area contributed by atoms with Crippen molar-refractivity contribution in [3.63, 3.8) is 0 Å². The monoisotopic (exact) mass is 278 g/mol. The van der Waals surface area contributed by atoms with Crippen LogP contribution in [0.15, 0.2) is 24.3 Å². The summed E-state index contributed by atoms with van der Waals surface area (Å²) in [5.74, 6) is -0.455. The molecule has 100 valence electrons. The van der Waals surface area contributed by atoms with Crippen molar-refractivity contribution in [2.24, 2.45) is 0 Å². The molecule has 1 heterocycles. The van der Waals surface area contributed by atoms with Crippen molar-refractivity contribution >= 4 is 17.5 Å². The molecule has 4 nitrogen and oxygen atoms in total. The van der Waals surface area contributed by atoms with E-state index in [0.29, 0.717) is 31.3 Å². The summed E-state index contributed by atoms with van der Waals surface area (Å²) in [5.41, 5.74) is 0.789. The summed E-state index contributed by atoms with van der Waals surface area (Å²) >= 11 is 5.91. The SMILES string of the molecule is N#CC(CC(=O)N1CCOCC1)c1cccc(Cl)c1. The van der Waals surface area contributed by atoms with Gasteiger partial charge in [0.05, 0.1) is 25.2 Å². The molecule has 5 heteroatoms. The summed E-state index contributed by atoms with van der Waals surface area (Å²) in [7, 11) is 0. The minimum atomic E-state index is -0.450. The van der Waals surface area contributed by atoms with Crippen molar-refractivity contribution < 1.29 is 9.53 Å². The zero-order chi connectivity index (χ0) is 13.7. The van der Waals surface area contributed by atoms with E-state index < -0.39 is 5.92 Å². The highest BCUT2D eigenvalue weighted by molar-refractivity contribution is 6.30. The molecule has 0 saturated carbocycles. The first-order valence-electron chi connectivity index (χ1n) is 6.21. The molecule has 19 heavy (non-hydrogen) atoms. The number of carbonyl (C=O) groups is 1. The first kappa shape index (κ1) is 13.9. The smallest absolute Gasteiger partial charge is 0.224 e. The number of nitriles is 1. The minimum absolute atomic E-state index is 0.00479. The van der Waals surface area contributed by atoms with Gasteiger partial charge >= 0.3 is 0 Å². The van der Waals surface area contributed by atoms with Crippen molar-refractivity contribution in [2.45, 2.75) is 12.3 Å². The predicted octanol–water partition coefficient (Wildman–Crippen LogP) is 2.20. The highest BCUT2D eigenvalue weighted by Crippen LogP contribution is 2.23. The lowest BCUT2D eigenvalue weighted by molar-refractivity contribution is -0.135. The second-order valence-corrected chi connectivity index (χ2v) is 4.87. The standard InChI is InChI=1S/C14H15ClN2O2/c15-13-3-1-2-11(8-13)12(10-16)9-14(18)17-4-6-19-7-5-17/h1-3,8,12H,4-7,9H2. The number of benzene rings is 1. The Hall–Kier alpha value is -1.57. The van der Waals surface area contributed by atoms with Crippen LogP contribution >= 0.6 is 11.6 Å². The third-order valence-electron chi connectivity index (χ3n) is 3.15. The average molecular weight is 279 g/mol. The van der Waals surface area contributed by atoms with E-state index >= 15 is 0 Å². The highest BCUT2D eigenvalue weighted by atomic mass is 35.5. The lowest BCUT2D eigenvalue weighted by Gasteiger charge is -2.27. The minimum Gasteiger partial charge on any atom is -0.378 e. The number of hydrogen-bond donors (Lipinski definition) is 0. The van der Waals surface area contributed by atoms with Crippen LogP contribution in [0.1, 0.15) is 17.9 Å². The number of nitrogens with zero attached hydrogens (tertiary/aromatic N) is 2. The Morgan fingerprint density at radius 2 is 2.21 bits per heavy atom. The molecule has 1 amide bonds. The Kier molecular flexibility index (Phi) is 4.78. The molecule has 0 radical (unpaired) electrons. The van der Waals surface area contributed by atoms with E-state index in [2.05, 4.69) is 6.07 Å². The Balaban J connectivity index is 2.03. The van der Waals surface area contributed by atoms with Gasteiger partial charge in [0, 0.05) is 24.5 Å². The molecule has 1 atom stereocenters. The van der Waals surface area contributed by atoms with Crippen LogP contribution in [0.4, 0.5) is 0 Å². The van der Waals surface area contributed by atoms with E-state index in [1.807, 2.05) is 6.07 Å². The number of hydrogen-bond acceptors (Lipinski definition) is 3. The molecule has 1 aliphatic rings. The van der Waals surface area contributed by atoms with Crippen LogP contribution in [-0.2, 0) is 9.53 Å². The van der Waals surface area contributed by atoms with Gasteiger partial charge in [0.2, 0.25) is 5.91 Å². The number of halogens is 1. The summed E-state index contributed by atoms with van der Waals surface area (Å²) in [6.45, 7) is 2.35. The van der Waals surface area contributed by atoms with Gasteiger partial charge in [-0.25, -0.2) is 0 Å². The molecular formula is C14H15ClN2O2. The van der Waals surface area contributed by atoms with Gasteiger partial charge in [-0.3, -0.25) is 4.79 Å². The molecular weight excluding hydrogens is 264 g/mol. The first-order chi connectivity index (χ1) is 9.20. The van der Waals surface area contributed by atoms with Gasteiger partial charge in [-0.1, -0.05) is 23.7 Å². The van der Waals surface area contributed by atoms with E-state index in [1.54, 1.807) is 23.1 Å². The van der Waals surface area contributed by atoms with Crippen LogP contribution in [0.2, 0.25) is 5.02 Å². The molecule has 1 aliphatic heterocycles. The summed E-state index contributed by atoms with van der Waals surface area (Å²) in [5, 5.41) is 9.81. The van der Waals surface area contributed by atoms with Crippen LogP contribution in [0, 0.1) is 11.3 Å². The summed E-state index contributed by atoms with van der Waals surface area (Å²) in [6.07, 6.45) is 0.191. The third-order valence-corrected chi connectivity index (χ3v) is 3.38. The van der Waals surface area contributed by atoms with E-state index in [4.69, 9.17) is 16.3 Å². The van der Waals surface area contributed by atoms with Crippen molar-refractivity contribution in [3.05, 3.63) is 34.9 Å². The van der Waals surface area contributed by atoms with Crippen molar-refractivity contribution in [1.82, 2.24) is 4.90 Å². The normalized spacial score (nSPS) is 16.7. The lowest BCUT2D eigenvalue weighted by atomic mass is 9.96. The van der Waals surface area contributed by atoms with Gasteiger partial charge < -0.3 is 9.64 Å². The number of morpholine rings is 1. The van der Waals surface area contributed by atoms with Crippen LogP contribution < -0.4 is 0 Å². The Bertz CT molecular complexity index is 492. The average Bonchev–Trinajstić information content (AvgIpc) is 2.45. The maximum atomic E-state index is 12.1. The fraction of sp³-hybridized carbons (Fsp3) is 0.429. The van der Waals surface area contributed by atoms with Gasteiger partial charge in [0.25, 0.3) is 0 Å². The van der Waals surface area contributed by atoms with Crippen molar-refractivity contribution in [1.29, 1.82) is 5.26 Å². The Morgan fingerprint density at radius 3 is 2.84 bits per heavy atom. The maximum absolute atomic E-state index is 12.1. The Labute approximate surface area is 117 Å². The fourth-order valence-electron chi connectivity index (χ4n) is 2.08. The molecule has 0 N–H and O–H groups in total. The molecule has 1 unspecified atom stereocenters. The van der Waals surface area contributed by atoms with Gasteiger partial charge in [-0.15, -0.1) is 0 Å². The molecule has 1 aromatic carbocycles. The zero-order valence-corrected chi connectivity index (χ0v) is 11.3. The molecule has 1 fully saturated rings. The predicted molar refractivity (Wildman–Crippen MR) is 71.8 cm³/mol. The molecule has 2 rings (SSSR count). The van der Waals surface area contributed by atoms with Crippen LogP contribution in [0.3, 0.4) is 0 Å². The van der Waals surface area contributed by atoms with Crippen molar-refractivity contribution in [3.8, 4) is 6.07 Å². The molecule has 1 aromatic rings. The van der Waals surface area contributed by atoms with E-state index in [0.717, 1.165) is 5.56 Å². The summed E-state index contributed by atoms with van der Waals surface area (Å²) in [4.78, 5) is 13.9. The summed E-state index contributed by atoms with van der Waals surface area (Å²) < 4.78 is 5.21. The molecule has 0 aliphatic carbocycles. The second-order valence-electron chi connectivity index (χ2n) is 4.43. The fourth-order valence-corrected chi connectivity index (χ4v) is 2.28. The van der Waals surface area contributed by atoms with Gasteiger partial charge in [-0.2, -0.15) is 5.26 Å². The highest BCUT2D eigenvalue weighted by Gasteiger charge is 2.22. The Morgan fingerprint density at radius 1 is 1.47 bits per heavy atom. The number of carbonyl (C=O) groups excluding carboxylic acids is 1. The van der Waals surface area contributed by atoms with E-state index in [1.165, 1.54) is 0 Å². The van der Waals surface area contributed by atoms with Crippen LogP contribution in [0.5, 0.6) is 0 Å².